The zero-order valence-electron chi connectivity index (χ0n) is 17.8. The van der Waals surface area contributed by atoms with Crippen LogP contribution in [0, 0.1) is 0 Å². The van der Waals surface area contributed by atoms with E-state index >= 15 is 0 Å². The number of H-pyrrole nitrogens is 1. The number of hydrogen-bond acceptors (Lipinski definition) is 2. The first-order valence-electron chi connectivity index (χ1n) is 10.9. The molecule has 5 nitrogen and oxygen atoms in total. The number of nitrogens with one attached hydrogen (secondary N) is 1. The Bertz CT molecular complexity index is 1360. The fourth-order valence-electron chi connectivity index (χ4n) is 4.65. The zero-order chi connectivity index (χ0) is 21.5. The maximum Gasteiger partial charge on any atom is 0.262 e. The van der Waals surface area contributed by atoms with Gasteiger partial charge in [0, 0.05) is 58.4 Å². The third-order valence-electron chi connectivity index (χ3n) is 6.00. The Morgan fingerprint density at radius 3 is 2.16 bits per heavy atom. The number of nitrogens with zero attached hydrogens (tertiary/aromatic N) is 2. The Labute approximate surface area is 181 Å². The van der Waals surface area contributed by atoms with Crippen molar-refractivity contribution in [1.29, 1.82) is 0 Å². The first-order valence-corrected chi connectivity index (χ1v) is 10.9. The summed E-state index contributed by atoms with van der Waals surface area (Å²) in [7, 11) is 0. The van der Waals surface area contributed by atoms with Crippen LogP contribution in [0.4, 0.5) is 0 Å². The smallest absolute Gasteiger partial charge is 0.262 e. The van der Waals surface area contributed by atoms with Crippen molar-refractivity contribution in [3.8, 4) is 0 Å². The fourth-order valence-corrected chi connectivity index (χ4v) is 4.65. The van der Waals surface area contributed by atoms with Gasteiger partial charge in [0.1, 0.15) is 0 Å². The molecule has 0 saturated heterocycles. The molecule has 0 atom stereocenters. The van der Waals surface area contributed by atoms with E-state index < -0.39 is 0 Å². The van der Waals surface area contributed by atoms with Gasteiger partial charge in [-0.1, -0.05) is 50.2 Å². The van der Waals surface area contributed by atoms with Gasteiger partial charge in [-0.15, -0.1) is 0 Å². The standard InChI is InChI=1S/C26H25N3O2/c1-3-13-28-16-20(18-10-6-8-12-22(18)28)24-23(25(30)29(14-4-2)26(24)31)19-15-27-21-11-7-5-9-17(19)21/h5-12,15-16,27H,3-4,13-14H2,1-2H3. The molecule has 0 radical (unpaired) electrons. The summed E-state index contributed by atoms with van der Waals surface area (Å²) >= 11 is 0. The molecule has 5 rings (SSSR count). The third-order valence-corrected chi connectivity index (χ3v) is 6.00. The lowest BCUT2D eigenvalue weighted by molar-refractivity contribution is -0.136. The van der Waals surface area contributed by atoms with Gasteiger partial charge in [-0.25, -0.2) is 0 Å². The van der Waals surface area contributed by atoms with Gasteiger partial charge in [0.15, 0.2) is 0 Å². The first-order chi connectivity index (χ1) is 15.2. The molecular weight excluding hydrogens is 386 g/mol. The molecule has 2 aromatic carbocycles. The van der Waals surface area contributed by atoms with Crippen LogP contribution in [0.15, 0.2) is 60.9 Å². The lowest BCUT2D eigenvalue weighted by Crippen LogP contribution is -2.32. The molecule has 0 fully saturated rings. The van der Waals surface area contributed by atoms with Gasteiger partial charge < -0.3 is 9.55 Å². The number of hydrogen-bond donors (Lipinski definition) is 1. The molecule has 1 N–H and O–H groups in total. The van der Waals surface area contributed by atoms with Gasteiger partial charge in [-0.05, 0) is 25.0 Å². The van der Waals surface area contributed by atoms with E-state index in [-0.39, 0.29) is 11.8 Å². The number of carbonyl (C=O) groups is 2. The summed E-state index contributed by atoms with van der Waals surface area (Å²) in [5, 5.41) is 1.95. The van der Waals surface area contributed by atoms with Gasteiger partial charge in [-0.2, -0.15) is 0 Å². The van der Waals surface area contributed by atoms with Gasteiger partial charge >= 0.3 is 0 Å². The van der Waals surface area contributed by atoms with Crippen molar-refractivity contribution in [3.63, 3.8) is 0 Å². The Morgan fingerprint density at radius 1 is 0.774 bits per heavy atom. The van der Waals surface area contributed by atoms with Crippen molar-refractivity contribution in [2.45, 2.75) is 33.2 Å². The normalized spacial score (nSPS) is 14.6. The van der Waals surface area contributed by atoms with E-state index in [2.05, 4.69) is 22.5 Å². The van der Waals surface area contributed by atoms with Crippen molar-refractivity contribution in [1.82, 2.24) is 14.5 Å². The Hall–Kier alpha value is -3.60. The Kier molecular flexibility index (Phi) is 4.74. The number of amides is 2. The summed E-state index contributed by atoms with van der Waals surface area (Å²) < 4.78 is 2.19. The lowest BCUT2D eigenvalue weighted by atomic mass is 9.95. The summed E-state index contributed by atoms with van der Waals surface area (Å²) in [6.07, 6.45) is 5.61. The molecule has 0 saturated carbocycles. The summed E-state index contributed by atoms with van der Waals surface area (Å²) in [4.78, 5) is 31.8. The molecule has 2 aromatic heterocycles. The molecule has 0 bridgehead atoms. The van der Waals surface area contributed by atoms with Gasteiger partial charge in [-0.3, -0.25) is 14.5 Å². The summed E-state index contributed by atoms with van der Waals surface area (Å²) in [6.45, 7) is 5.40. The molecule has 0 aliphatic carbocycles. The SMILES string of the molecule is CCCN1C(=O)C(c2c[nH]c3ccccc23)=C(c2cn(CCC)c3ccccc23)C1=O. The second-order valence-corrected chi connectivity index (χ2v) is 8.01. The minimum Gasteiger partial charge on any atom is -0.361 e. The second-order valence-electron chi connectivity index (χ2n) is 8.01. The van der Waals surface area contributed by atoms with E-state index in [1.807, 2.05) is 61.8 Å². The number of imide groups is 1. The van der Waals surface area contributed by atoms with Crippen molar-refractivity contribution in [3.05, 3.63) is 72.1 Å². The average Bonchev–Trinajstić information content (AvgIpc) is 3.43. The predicted molar refractivity (Wildman–Crippen MR) is 124 cm³/mol. The van der Waals surface area contributed by atoms with Crippen molar-refractivity contribution >= 4 is 44.8 Å². The number of aryl methyl sites for hydroxylation is 1. The average molecular weight is 412 g/mol. The van der Waals surface area contributed by atoms with Gasteiger partial charge in [0.25, 0.3) is 11.8 Å². The second kappa shape index (κ2) is 7.58. The molecule has 4 aromatic rings. The van der Waals surface area contributed by atoms with E-state index in [9.17, 15) is 9.59 Å². The highest BCUT2D eigenvalue weighted by molar-refractivity contribution is 6.50. The highest BCUT2D eigenvalue weighted by atomic mass is 16.2. The molecule has 1 aliphatic heterocycles. The molecule has 156 valence electrons. The van der Waals surface area contributed by atoms with Crippen molar-refractivity contribution in [2.75, 3.05) is 6.54 Å². The van der Waals surface area contributed by atoms with E-state index in [1.54, 1.807) is 0 Å². The van der Waals surface area contributed by atoms with Crippen molar-refractivity contribution in [2.24, 2.45) is 0 Å². The summed E-state index contributed by atoms with van der Waals surface area (Å²) in [6, 6.07) is 16.0. The number of rotatable bonds is 6. The monoisotopic (exact) mass is 411 g/mol. The molecular formula is C26H25N3O2. The molecule has 2 amide bonds. The first kappa shape index (κ1) is 19.4. The van der Waals surface area contributed by atoms with Crippen LogP contribution in [0.5, 0.6) is 0 Å². The number of para-hydroxylation sites is 2. The molecule has 0 spiro atoms. The minimum atomic E-state index is -0.209. The third kappa shape index (κ3) is 2.92. The Balaban J connectivity index is 1.82. The largest absolute Gasteiger partial charge is 0.361 e. The van der Waals surface area contributed by atoms with E-state index in [0.29, 0.717) is 17.7 Å². The number of aromatic nitrogens is 2. The van der Waals surface area contributed by atoms with Crippen LogP contribution in [0.2, 0.25) is 0 Å². The van der Waals surface area contributed by atoms with E-state index in [1.165, 1.54) is 4.90 Å². The number of aromatic amines is 1. The van der Waals surface area contributed by atoms with Gasteiger partial charge in [0.2, 0.25) is 0 Å². The minimum absolute atomic E-state index is 0.202. The summed E-state index contributed by atoms with van der Waals surface area (Å²) in [5.41, 5.74) is 4.66. The van der Waals surface area contributed by atoms with Crippen LogP contribution in [0.3, 0.4) is 0 Å². The molecule has 31 heavy (non-hydrogen) atoms. The quantitative estimate of drug-likeness (QED) is 0.442. The zero-order valence-corrected chi connectivity index (χ0v) is 17.8. The number of fused-ring (bicyclic) bond motifs is 2. The van der Waals surface area contributed by atoms with E-state index in [0.717, 1.165) is 52.3 Å². The maximum atomic E-state index is 13.6. The van der Waals surface area contributed by atoms with Crippen LogP contribution in [-0.4, -0.2) is 32.8 Å². The van der Waals surface area contributed by atoms with Gasteiger partial charge in [0.05, 0.1) is 11.1 Å². The Morgan fingerprint density at radius 2 is 1.42 bits per heavy atom. The maximum absolute atomic E-state index is 13.6. The van der Waals surface area contributed by atoms with Crippen LogP contribution >= 0.6 is 0 Å². The van der Waals surface area contributed by atoms with Crippen LogP contribution < -0.4 is 0 Å². The van der Waals surface area contributed by atoms with Crippen LogP contribution in [0.25, 0.3) is 33.0 Å². The predicted octanol–water partition coefficient (Wildman–Crippen LogP) is 5.22. The molecule has 0 unspecified atom stereocenters. The van der Waals surface area contributed by atoms with E-state index in [4.69, 9.17) is 0 Å². The van der Waals surface area contributed by atoms with Crippen LogP contribution in [-0.2, 0) is 16.1 Å². The molecule has 5 heteroatoms. The summed E-state index contributed by atoms with van der Waals surface area (Å²) in [5.74, 6) is -0.412. The number of carbonyl (C=O) groups excluding carboxylic acids is 2. The highest BCUT2D eigenvalue weighted by Crippen LogP contribution is 2.41. The fraction of sp³-hybridized carbons (Fsp3) is 0.231. The molecule has 3 heterocycles. The molecule has 1 aliphatic rings. The highest BCUT2D eigenvalue weighted by Gasteiger charge is 2.40. The number of benzene rings is 2. The van der Waals surface area contributed by atoms with Crippen molar-refractivity contribution < 1.29 is 9.59 Å². The topological polar surface area (TPSA) is 58.1 Å². The van der Waals surface area contributed by atoms with Crippen LogP contribution in [0.1, 0.15) is 37.8 Å². The lowest BCUT2D eigenvalue weighted by Gasteiger charge is -2.13.